The Kier molecular flexibility index (Phi) is 5.16. The van der Waals surface area contributed by atoms with Crippen molar-refractivity contribution in [1.82, 2.24) is 4.98 Å². The van der Waals surface area contributed by atoms with E-state index in [0.29, 0.717) is 11.8 Å². The molecule has 0 aliphatic rings. The summed E-state index contributed by atoms with van der Waals surface area (Å²) in [7, 11) is 0. The molecule has 1 aromatic carbocycles. The number of carbonyl (C=O) groups is 1. The zero-order valence-electron chi connectivity index (χ0n) is 11.7. The molecule has 3 nitrogen and oxygen atoms in total. The minimum atomic E-state index is -4.54. The van der Waals surface area contributed by atoms with Gasteiger partial charge in [0.2, 0.25) is 0 Å². The number of esters is 1. The number of halogens is 5. The third-order valence-corrected chi connectivity index (χ3v) is 3.52. The Morgan fingerprint density at radius 2 is 1.91 bits per heavy atom. The molecule has 0 radical (unpaired) electrons. The van der Waals surface area contributed by atoms with Crippen LogP contribution in [0.2, 0.25) is 10.0 Å². The lowest BCUT2D eigenvalue weighted by molar-refractivity contribution is -0.137. The zero-order valence-corrected chi connectivity index (χ0v) is 13.3. The van der Waals surface area contributed by atoms with Crippen molar-refractivity contribution >= 4 is 29.2 Å². The molecule has 0 aliphatic carbocycles. The van der Waals surface area contributed by atoms with Crippen LogP contribution < -0.4 is 0 Å². The van der Waals surface area contributed by atoms with Crippen LogP contribution in [0, 0.1) is 0 Å². The Morgan fingerprint density at radius 3 is 2.48 bits per heavy atom. The molecule has 0 fully saturated rings. The summed E-state index contributed by atoms with van der Waals surface area (Å²) < 4.78 is 42.8. The number of benzene rings is 1. The molecule has 122 valence electrons. The van der Waals surface area contributed by atoms with Crippen molar-refractivity contribution in [2.75, 3.05) is 6.61 Å². The van der Waals surface area contributed by atoms with E-state index in [4.69, 9.17) is 27.9 Å². The van der Waals surface area contributed by atoms with Gasteiger partial charge in [-0.2, -0.15) is 13.2 Å². The first-order valence-corrected chi connectivity index (χ1v) is 7.19. The maximum Gasteiger partial charge on any atom is 0.417 e. The summed E-state index contributed by atoms with van der Waals surface area (Å²) in [6, 6.07) is 5.09. The van der Waals surface area contributed by atoms with Gasteiger partial charge < -0.3 is 4.74 Å². The fourth-order valence-corrected chi connectivity index (χ4v) is 2.31. The summed E-state index contributed by atoms with van der Waals surface area (Å²) in [5, 5.41) is -0.0211. The Morgan fingerprint density at radius 1 is 1.22 bits per heavy atom. The van der Waals surface area contributed by atoms with Crippen molar-refractivity contribution < 1.29 is 22.7 Å². The molecule has 2 rings (SSSR count). The van der Waals surface area contributed by atoms with E-state index in [9.17, 15) is 18.0 Å². The Labute approximate surface area is 140 Å². The van der Waals surface area contributed by atoms with Gasteiger partial charge >= 0.3 is 12.1 Å². The van der Waals surface area contributed by atoms with Gasteiger partial charge in [0.1, 0.15) is 0 Å². The number of rotatable bonds is 3. The number of aromatic nitrogens is 1. The normalized spacial score (nSPS) is 11.4. The summed E-state index contributed by atoms with van der Waals surface area (Å²) in [4.78, 5) is 15.6. The maximum absolute atomic E-state index is 12.6. The number of hydrogen-bond donors (Lipinski definition) is 0. The summed E-state index contributed by atoms with van der Waals surface area (Å²) in [6.07, 6.45) is -3.86. The van der Waals surface area contributed by atoms with Crippen LogP contribution in [0.5, 0.6) is 0 Å². The van der Waals surface area contributed by atoms with Crippen LogP contribution in [0.25, 0.3) is 11.3 Å². The van der Waals surface area contributed by atoms with Gasteiger partial charge in [0.15, 0.2) is 0 Å². The van der Waals surface area contributed by atoms with Gasteiger partial charge in [0.05, 0.1) is 33.5 Å². The van der Waals surface area contributed by atoms with Gasteiger partial charge in [-0.05, 0) is 25.1 Å². The zero-order chi connectivity index (χ0) is 17.2. The molecule has 8 heteroatoms. The monoisotopic (exact) mass is 363 g/mol. The van der Waals surface area contributed by atoms with Crippen LogP contribution in [0.3, 0.4) is 0 Å². The standard InChI is InChI=1S/C15H10Cl2F3NO2/c1-2-23-14(22)10-5-8(3-4-11(10)16)13-12(17)6-9(7-21-13)15(18,19)20/h3-7H,2H2,1H3. The van der Waals surface area contributed by atoms with Crippen molar-refractivity contribution in [3.63, 3.8) is 0 Å². The van der Waals surface area contributed by atoms with Crippen molar-refractivity contribution in [3.8, 4) is 11.3 Å². The largest absolute Gasteiger partial charge is 0.462 e. The fourth-order valence-electron chi connectivity index (χ4n) is 1.84. The summed E-state index contributed by atoms with van der Waals surface area (Å²) >= 11 is 11.8. The summed E-state index contributed by atoms with van der Waals surface area (Å²) in [5.74, 6) is -0.637. The lowest BCUT2D eigenvalue weighted by Crippen LogP contribution is -2.07. The number of carbonyl (C=O) groups excluding carboxylic acids is 1. The first kappa shape index (κ1) is 17.6. The van der Waals surface area contributed by atoms with Crippen LogP contribution in [-0.4, -0.2) is 17.6 Å². The number of nitrogens with zero attached hydrogens (tertiary/aromatic N) is 1. The Hall–Kier alpha value is -1.79. The van der Waals surface area contributed by atoms with Gasteiger partial charge in [-0.1, -0.05) is 29.3 Å². The molecule has 1 aromatic heterocycles. The second-order valence-electron chi connectivity index (χ2n) is 4.47. The van der Waals surface area contributed by atoms with Crippen LogP contribution >= 0.6 is 23.2 Å². The third kappa shape index (κ3) is 3.95. The Balaban J connectivity index is 2.47. The average molecular weight is 364 g/mol. The van der Waals surface area contributed by atoms with E-state index < -0.39 is 17.7 Å². The highest BCUT2D eigenvalue weighted by Gasteiger charge is 2.31. The molecule has 0 atom stereocenters. The predicted octanol–water partition coefficient (Wildman–Crippen LogP) is 5.25. The predicted molar refractivity (Wildman–Crippen MR) is 80.7 cm³/mol. The highest BCUT2D eigenvalue weighted by atomic mass is 35.5. The lowest BCUT2D eigenvalue weighted by Gasteiger charge is -2.11. The fraction of sp³-hybridized carbons (Fsp3) is 0.200. The second kappa shape index (κ2) is 6.76. The smallest absolute Gasteiger partial charge is 0.417 e. The summed E-state index contributed by atoms with van der Waals surface area (Å²) in [5.41, 5.74) is -0.396. The molecular formula is C15H10Cl2F3NO2. The van der Waals surface area contributed by atoms with E-state index in [-0.39, 0.29) is 27.9 Å². The summed E-state index contributed by atoms with van der Waals surface area (Å²) in [6.45, 7) is 1.81. The van der Waals surface area contributed by atoms with Gasteiger partial charge in [-0.25, -0.2) is 4.79 Å². The van der Waals surface area contributed by atoms with Crippen molar-refractivity contribution in [2.24, 2.45) is 0 Å². The first-order chi connectivity index (χ1) is 10.7. The molecule has 0 unspecified atom stereocenters. The van der Waals surface area contributed by atoms with Gasteiger partial charge in [0, 0.05) is 11.8 Å². The highest BCUT2D eigenvalue weighted by molar-refractivity contribution is 6.34. The van der Waals surface area contributed by atoms with Crippen LogP contribution in [0.4, 0.5) is 13.2 Å². The van der Waals surface area contributed by atoms with Crippen molar-refractivity contribution in [2.45, 2.75) is 13.1 Å². The molecule has 0 bridgehead atoms. The molecule has 0 saturated heterocycles. The molecular weight excluding hydrogens is 354 g/mol. The molecule has 0 N–H and O–H groups in total. The SMILES string of the molecule is CCOC(=O)c1cc(-c2ncc(C(F)(F)F)cc2Cl)ccc1Cl. The van der Waals surface area contributed by atoms with Gasteiger partial charge in [-0.3, -0.25) is 4.98 Å². The molecule has 0 aliphatic heterocycles. The molecule has 23 heavy (non-hydrogen) atoms. The molecule has 0 spiro atoms. The maximum atomic E-state index is 12.6. The van der Waals surface area contributed by atoms with E-state index >= 15 is 0 Å². The first-order valence-electron chi connectivity index (χ1n) is 6.43. The molecule has 1 heterocycles. The second-order valence-corrected chi connectivity index (χ2v) is 5.28. The number of hydrogen-bond acceptors (Lipinski definition) is 3. The van der Waals surface area contributed by atoms with E-state index in [1.165, 1.54) is 18.2 Å². The van der Waals surface area contributed by atoms with E-state index in [1.54, 1.807) is 6.92 Å². The van der Waals surface area contributed by atoms with Gasteiger partial charge in [0.25, 0.3) is 0 Å². The minimum Gasteiger partial charge on any atom is -0.462 e. The van der Waals surface area contributed by atoms with Crippen molar-refractivity contribution in [3.05, 3.63) is 51.6 Å². The lowest BCUT2D eigenvalue weighted by atomic mass is 10.1. The van der Waals surface area contributed by atoms with Crippen molar-refractivity contribution in [1.29, 1.82) is 0 Å². The quantitative estimate of drug-likeness (QED) is 0.699. The minimum absolute atomic E-state index is 0.0868. The number of alkyl halides is 3. The highest BCUT2D eigenvalue weighted by Crippen LogP contribution is 2.35. The van der Waals surface area contributed by atoms with Gasteiger partial charge in [-0.15, -0.1) is 0 Å². The number of pyridine rings is 1. The number of ether oxygens (including phenoxy) is 1. The Bertz CT molecular complexity index is 748. The third-order valence-electron chi connectivity index (χ3n) is 2.90. The molecule has 2 aromatic rings. The van der Waals surface area contributed by atoms with E-state index in [0.717, 1.165) is 6.07 Å². The molecule has 0 amide bonds. The average Bonchev–Trinajstić information content (AvgIpc) is 2.47. The van der Waals surface area contributed by atoms with Crippen LogP contribution in [0.1, 0.15) is 22.8 Å². The van der Waals surface area contributed by atoms with E-state index in [1.807, 2.05) is 0 Å². The van der Waals surface area contributed by atoms with Crippen LogP contribution in [0.15, 0.2) is 30.5 Å². The van der Waals surface area contributed by atoms with Crippen LogP contribution in [-0.2, 0) is 10.9 Å². The topological polar surface area (TPSA) is 39.2 Å². The van der Waals surface area contributed by atoms with E-state index in [2.05, 4.69) is 4.98 Å². The molecule has 0 saturated carbocycles.